The second-order valence-electron chi connectivity index (χ2n) is 7.59. The minimum atomic E-state index is -0.688. The van der Waals surface area contributed by atoms with Crippen LogP contribution >= 0.6 is 0 Å². The smallest absolute Gasteiger partial charge is 0.322 e. The number of hydrogen-bond donors (Lipinski definition) is 2. The molecule has 0 aliphatic carbocycles. The molecule has 3 heterocycles. The van der Waals surface area contributed by atoms with Crippen molar-refractivity contribution < 1.29 is 14.0 Å². The van der Waals surface area contributed by atoms with Gasteiger partial charge in [-0.25, -0.2) is 4.79 Å². The van der Waals surface area contributed by atoms with Crippen LogP contribution in [0.25, 0.3) is 11.0 Å². The van der Waals surface area contributed by atoms with Crippen LogP contribution in [0.2, 0.25) is 0 Å². The van der Waals surface area contributed by atoms with Gasteiger partial charge < -0.3 is 20.4 Å². The number of aryl methyl sites for hydroxylation is 1. The summed E-state index contributed by atoms with van der Waals surface area (Å²) < 4.78 is 5.61. The molecule has 3 N–H and O–H groups in total. The van der Waals surface area contributed by atoms with E-state index in [1.807, 2.05) is 30.0 Å². The van der Waals surface area contributed by atoms with Crippen molar-refractivity contribution in [1.29, 1.82) is 0 Å². The number of piperidine rings is 1. The van der Waals surface area contributed by atoms with Crippen molar-refractivity contribution in [3.63, 3.8) is 0 Å². The Kier molecular flexibility index (Phi) is 4.78. The molecule has 2 aromatic rings. The Balaban J connectivity index is 1.51. The van der Waals surface area contributed by atoms with E-state index in [-0.39, 0.29) is 11.8 Å². The van der Waals surface area contributed by atoms with Crippen molar-refractivity contribution in [2.75, 3.05) is 31.5 Å². The van der Waals surface area contributed by atoms with E-state index in [1.165, 1.54) is 19.3 Å². The Hall–Kier alpha value is -2.54. The van der Waals surface area contributed by atoms with Gasteiger partial charge in [0.25, 0.3) is 5.91 Å². The molecule has 0 radical (unpaired) electrons. The Bertz CT molecular complexity index is 869. The maximum Gasteiger partial charge on any atom is 0.322 e. The van der Waals surface area contributed by atoms with Gasteiger partial charge in [-0.1, -0.05) is 12.5 Å². The molecule has 0 unspecified atom stereocenters. The molecule has 4 rings (SSSR count). The summed E-state index contributed by atoms with van der Waals surface area (Å²) in [5.74, 6) is -0.692. The van der Waals surface area contributed by atoms with Gasteiger partial charge in [-0.2, -0.15) is 0 Å². The number of hydrogen-bond acceptors (Lipinski definition) is 4. The van der Waals surface area contributed by atoms with Crippen molar-refractivity contribution >= 4 is 28.6 Å². The van der Waals surface area contributed by atoms with Crippen LogP contribution < -0.4 is 11.1 Å². The first-order chi connectivity index (χ1) is 13.0. The van der Waals surface area contributed by atoms with Gasteiger partial charge in [-0.3, -0.25) is 9.69 Å². The van der Waals surface area contributed by atoms with Crippen molar-refractivity contribution in [1.82, 2.24) is 9.80 Å². The lowest BCUT2D eigenvalue weighted by Crippen LogP contribution is -2.42. The number of primary amides is 1. The summed E-state index contributed by atoms with van der Waals surface area (Å²) in [6.07, 6.45) is 4.77. The summed E-state index contributed by atoms with van der Waals surface area (Å²) in [5, 5.41) is 3.56. The van der Waals surface area contributed by atoms with E-state index in [9.17, 15) is 9.59 Å². The van der Waals surface area contributed by atoms with Crippen LogP contribution in [0.3, 0.4) is 0 Å². The van der Waals surface area contributed by atoms with Gasteiger partial charge in [-0.05, 0) is 57.0 Å². The highest BCUT2D eigenvalue weighted by Crippen LogP contribution is 2.32. The number of carbonyl (C=O) groups is 2. The average Bonchev–Trinajstić information content (AvgIpc) is 3.28. The number of furan rings is 1. The number of nitrogens with zero attached hydrogens (tertiary/aromatic N) is 2. The predicted octanol–water partition coefficient (Wildman–Crippen LogP) is 2.93. The van der Waals surface area contributed by atoms with Crippen molar-refractivity contribution in [3.8, 4) is 0 Å². The van der Waals surface area contributed by atoms with Gasteiger partial charge in [0.05, 0.1) is 0 Å². The first kappa shape index (κ1) is 17.9. The Morgan fingerprint density at radius 3 is 2.70 bits per heavy atom. The van der Waals surface area contributed by atoms with E-state index < -0.39 is 5.91 Å². The predicted molar refractivity (Wildman–Crippen MR) is 104 cm³/mol. The normalized spacial score (nSPS) is 20.9. The molecule has 7 nitrogen and oxygen atoms in total. The molecule has 0 bridgehead atoms. The van der Waals surface area contributed by atoms with Gasteiger partial charge in [0, 0.05) is 24.5 Å². The second-order valence-corrected chi connectivity index (χ2v) is 7.59. The number of rotatable bonds is 3. The molecule has 1 aromatic carbocycles. The quantitative estimate of drug-likeness (QED) is 0.869. The average molecular weight is 370 g/mol. The zero-order chi connectivity index (χ0) is 19.0. The van der Waals surface area contributed by atoms with Gasteiger partial charge >= 0.3 is 6.03 Å². The van der Waals surface area contributed by atoms with Crippen LogP contribution in [-0.2, 0) is 0 Å². The molecular formula is C20H26N4O3. The summed E-state index contributed by atoms with van der Waals surface area (Å²) in [6.45, 7) is 5.62. The number of likely N-dealkylation sites (tertiary alicyclic amines) is 2. The van der Waals surface area contributed by atoms with E-state index in [2.05, 4.69) is 10.2 Å². The SMILES string of the molecule is Cc1ccc2c(NC(=O)N3CC[C@@H](N4CCCCC4)C3)c(C(N)=O)oc2c1. The summed E-state index contributed by atoms with van der Waals surface area (Å²) in [5.41, 5.74) is 7.38. The number of amides is 3. The number of fused-ring (bicyclic) bond motifs is 1. The van der Waals surface area contributed by atoms with Crippen LogP contribution in [0.5, 0.6) is 0 Å². The lowest BCUT2D eigenvalue weighted by atomic mass is 10.1. The largest absolute Gasteiger partial charge is 0.449 e. The van der Waals surface area contributed by atoms with Gasteiger partial charge in [-0.15, -0.1) is 0 Å². The highest BCUT2D eigenvalue weighted by molar-refractivity contribution is 6.10. The van der Waals surface area contributed by atoms with E-state index >= 15 is 0 Å². The molecular weight excluding hydrogens is 344 g/mol. The highest BCUT2D eigenvalue weighted by Gasteiger charge is 2.32. The van der Waals surface area contributed by atoms with Crippen LogP contribution in [0.4, 0.5) is 10.5 Å². The Morgan fingerprint density at radius 1 is 1.19 bits per heavy atom. The van der Waals surface area contributed by atoms with Gasteiger partial charge in [0.1, 0.15) is 11.3 Å². The zero-order valence-electron chi connectivity index (χ0n) is 15.7. The van der Waals surface area contributed by atoms with Gasteiger partial charge in [0.15, 0.2) is 0 Å². The summed E-state index contributed by atoms with van der Waals surface area (Å²) in [4.78, 5) is 28.9. The maximum absolute atomic E-state index is 12.8. The number of benzene rings is 1. The molecule has 0 saturated carbocycles. The molecule has 7 heteroatoms. The third-order valence-electron chi connectivity index (χ3n) is 5.66. The van der Waals surface area contributed by atoms with E-state index in [4.69, 9.17) is 10.2 Å². The molecule has 2 saturated heterocycles. The first-order valence-electron chi connectivity index (χ1n) is 9.66. The lowest BCUT2D eigenvalue weighted by Gasteiger charge is -2.32. The highest BCUT2D eigenvalue weighted by atomic mass is 16.3. The molecule has 1 aromatic heterocycles. The fraction of sp³-hybridized carbons (Fsp3) is 0.500. The number of carbonyl (C=O) groups excluding carboxylic acids is 2. The Morgan fingerprint density at radius 2 is 1.96 bits per heavy atom. The van der Waals surface area contributed by atoms with Gasteiger partial charge in [0.2, 0.25) is 5.76 Å². The molecule has 144 valence electrons. The topological polar surface area (TPSA) is 91.8 Å². The third kappa shape index (κ3) is 3.51. The number of anilines is 1. The molecule has 1 atom stereocenters. The van der Waals surface area contributed by atoms with Crippen LogP contribution in [0.1, 0.15) is 41.8 Å². The summed E-state index contributed by atoms with van der Waals surface area (Å²) in [7, 11) is 0. The standard InChI is InChI=1S/C20H26N4O3/c1-13-5-6-15-16(11-13)27-18(19(21)25)17(15)22-20(26)24-10-7-14(12-24)23-8-3-2-4-9-23/h5-6,11,14H,2-4,7-10,12H2,1H3,(H2,21,25)(H,22,26)/t14-/m1/s1. The lowest BCUT2D eigenvalue weighted by molar-refractivity contribution is 0.0977. The van der Waals surface area contributed by atoms with Crippen LogP contribution in [-0.4, -0.2) is 54.0 Å². The molecule has 0 spiro atoms. The van der Waals surface area contributed by atoms with E-state index in [1.54, 1.807) is 0 Å². The minimum absolute atomic E-state index is 0.00396. The first-order valence-corrected chi connectivity index (χ1v) is 9.66. The Labute approximate surface area is 158 Å². The summed E-state index contributed by atoms with van der Waals surface area (Å²) in [6, 6.07) is 5.81. The van der Waals surface area contributed by atoms with Crippen LogP contribution in [0.15, 0.2) is 22.6 Å². The van der Waals surface area contributed by atoms with E-state index in [0.717, 1.165) is 25.1 Å². The molecule has 2 aliphatic heterocycles. The fourth-order valence-electron chi connectivity index (χ4n) is 4.20. The van der Waals surface area contributed by atoms with E-state index in [0.29, 0.717) is 35.8 Å². The minimum Gasteiger partial charge on any atom is -0.449 e. The maximum atomic E-state index is 12.8. The van der Waals surface area contributed by atoms with Crippen LogP contribution in [0, 0.1) is 6.92 Å². The van der Waals surface area contributed by atoms with Crippen molar-refractivity contribution in [2.24, 2.45) is 5.73 Å². The second kappa shape index (κ2) is 7.23. The zero-order valence-corrected chi connectivity index (χ0v) is 15.7. The monoisotopic (exact) mass is 370 g/mol. The summed E-state index contributed by atoms with van der Waals surface area (Å²) >= 11 is 0. The molecule has 2 fully saturated rings. The molecule has 2 aliphatic rings. The number of nitrogens with one attached hydrogen (secondary N) is 1. The third-order valence-corrected chi connectivity index (χ3v) is 5.66. The molecule has 3 amide bonds. The number of urea groups is 1. The molecule has 27 heavy (non-hydrogen) atoms. The number of nitrogens with two attached hydrogens (primary N) is 1. The fourth-order valence-corrected chi connectivity index (χ4v) is 4.20. The van der Waals surface area contributed by atoms with Crippen molar-refractivity contribution in [2.45, 2.75) is 38.6 Å². The van der Waals surface area contributed by atoms with Crippen molar-refractivity contribution in [3.05, 3.63) is 29.5 Å².